The molecular weight excluding hydrogens is 655 g/mol. The van der Waals surface area contributed by atoms with Gasteiger partial charge < -0.3 is 9.47 Å². The molecule has 2 unspecified atom stereocenters. The lowest BCUT2D eigenvalue weighted by atomic mass is 9.30. The van der Waals surface area contributed by atoms with Gasteiger partial charge in [-0.25, -0.2) is 0 Å². The third-order valence-corrected chi connectivity index (χ3v) is 11.8. The number of para-hydroxylation sites is 4. The number of hydrogen-bond donors (Lipinski definition) is 0. The van der Waals surface area contributed by atoms with Gasteiger partial charge in [0.2, 0.25) is 6.71 Å². The molecule has 2 heterocycles. The Balaban J connectivity index is 1.22. The first kappa shape index (κ1) is 32.3. The van der Waals surface area contributed by atoms with E-state index >= 15 is 0 Å². The number of fused-ring (bicyclic) bond motifs is 8. The molecule has 0 amide bonds. The zero-order valence-electron chi connectivity index (χ0n) is 30.4. The maximum atomic E-state index is 7.24. The van der Waals surface area contributed by atoms with Crippen molar-refractivity contribution < 1.29 is 9.47 Å². The molecule has 7 aromatic carbocycles. The molecule has 2 nitrogen and oxygen atoms in total. The van der Waals surface area contributed by atoms with E-state index in [1.54, 1.807) is 0 Å². The zero-order valence-corrected chi connectivity index (χ0v) is 30.4. The number of rotatable bonds is 5. The molecule has 258 valence electrons. The monoisotopic (exact) mass is 694 g/mol. The third kappa shape index (κ3) is 5.03. The van der Waals surface area contributed by atoms with Gasteiger partial charge in [0.25, 0.3) is 0 Å². The Morgan fingerprint density at radius 2 is 1.06 bits per heavy atom. The van der Waals surface area contributed by atoms with E-state index < -0.39 is 5.41 Å². The summed E-state index contributed by atoms with van der Waals surface area (Å²) in [6, 6.07) is 60.9. The number of benzene rings is 7. The third-order valence-electron chi connectivity index (χ3n) is 11.8. The fraction of sp³-hybridized carbons (Fsp3) is 0.0980. The summed E-state index contributed by atoms with van der Waals surface area (Å²) in [6.07, 6.45) is 7.24. The Morgan fingerprint density at radius 3 is 1.67 bits per heavy atom. The normalized spacial score (nSPS) is 17.2. The standard InChI is InChI=1S/C51H39BO2/c1-34-32-38(36-16-5-3-6-17-36)28-30-44(34)52(45-31-29-39(33-35(45)2)37-18-7-4-8-19-37)46-24-15-23-43-50(46)54-49-27-14-11-22-42(49)51(43)40-20-9-12-25-47(40)53-48-26-13-10-21-41(48)51/h3-34,44H,1-2H3. The van der Waals surface area contributed by atoms with Gasteiger partial charge >= 0.3 is 0 Å². The van der Waals surface area contributed by atoms with Crippen LogP contribution in [0.15, 0.2) is 188 Å². The molecule has 0 radical (unpaired) electrons. The van der Waals surface area contributed by atoms with Crippen molar-refractivity contribution in [3.8, 4) is 34.1 Å². The van der Waals surface area contributed by atoms with E-state index in [9.17, 15) is 0 Å². The van der Waals surface area contributed by atoms with Gasteiger partial charge in [0, 0.05) is 22.3 Å². The molecule has 1 spiro atoms. The van der Waals surface area contributed by atoms with Crippen LogP contribution in [0.1, 0.15) is 40.3 Å². The van der Waals surface area contributed by atoms with Crippen LogP contribution >= 0.6 is 0 Å². The first-order valence-corrected chi connectivity index (χ1v) is 19.0. The lowest BCUT2D eigenvalue weighted by molar-refractivity contribution is 0.401. The lowest BCUT2D eigenvalue weighted by Gasteiger charge is -2.45. The molecule has 1 aliphatic carbocycles. The number of allylic oxidation sites excluding steroid dienone is 4. The quantitative estimate of drug-likeness (QED) is 0.167. The van der Waals surface area contributed by atoms with Gasteiger partial charge in [-0.2, -0.15) is 0 Å². The Labute approximate surface area is 318 Å². The fourth-order valence-electron chi connectivity index (χ4n) is 9.40. The van der Waals surface area contributed by atoms with Gasteiger partial charge in [-0.15, -0.1) is 0 Å². The second kappa shape index (κ2) is 13.0. The first-order valence-electron chi connectivity index (χ1n) is 19.0. The van der Waals surface area contributed by atoms with E-state index in [1.807, 2.05) is 0 Å². The summed E-state index contributed by atoms with van der Waals surface area (Å²) in [5, 5.41) is 0. The average Bonchev–Trinajstić information content (AvgIpc) is 3.22. The minimum absolute atomic E-state index is 0.0113. The lowest BCUT2D eigenvalue weighted by Crippen LogP contribution is -2.50. The van der Waals surface area contributed by atoms with Crippen molar-refractivity contribution in [2.24, 2.45) is 5.92 Å². The van der Waals surface area contributed by atoms with Crippen LogP contribution in [0.3, 0.4) is 0 Å². The van der Waals surface area contributed by atoms with Crippen LogP contribution in [0.25, 0.3) is 16.7 Å². The maximum absolute atomic E-state index is 7.24. The van der Waals surface area contributed by atoms with Crippen molar-refractivity contribution in [2.75, 3.05) is 0 Å². The molecule has 0 fully saturated rings. The minimum atomic E-state index is -0.642. The maximum Gasteiger partial charge on any atom is 0.221 e. The van der Waals surface area contributed by atoms with Crippen LogP contribution in [-0.2, 0) is 5.41 Å². The van der Waals surface area contributed by atoms with E-state index in [0.717, 1.165) is 45.3 Å². The van der Waals surface area contributed by atoms with Crippen LogP contribution in [0.5, 0.6) is 23.0 Å². The van der Waals surface area contributed by atoms with Crippen molar-refractivity contribution in [1.82, 2.24) is 0 Å². The van der Waals surface area contributed by atoms with Gasteiger partial charge in [-0.3, -0.25) is 0 Å². The summed E-state index contributed by atoms with van der Waals surface area (Å²) in [4.78, 5) is 0. The molecule has 2 atom stereocenters. The fourth-order valence-corrected chi connectivity index (χ4v) is 9.40. The van der Waals surface area contributed by atoms with Crippen molar-refractivity contribution in [3.63, 3.8) is 0 Å². The van der Waals surface area contributed by atoms with E-state index in [4.69, 9.17) is 9.47 Å². The molecule has 2 aliphatic heterocycles. The molecule has 3 heteroatoms. The zero-order chi connectivity index (χ0) is 36.2. The van der Waals surface area contributed by atoms with Gasteiger partial charge in [0.15, 0.2) is 0 Å². The van der Waals surface area contributed by atoms with Gasteiger partial charge in [-0.05, 0) is 64.6 Å². The second-order valence-corrected chi connectivity index (χ2v) is 14.9. The van der Waals surface area contributed by atoms with Crippen LogP contribution < -0.4 is 20.4 Å². The molecule has 10 rings (SSSR count). The van der Waals surface area contributed by atoms with E-state index in [2.05, 4.69) is 202 Å². The summed E-state index contributed by atoms with van der Waals surface area (Å²) >= 11 is 0. The van der Waals surface area contributed by atoms with Crippen LogP contribution in [0.2, 0.25) is 5.82 Å². The molecule has 3 aliphatic rings. The molecule has 0 saturated carbocycles. The van der Waals surface area contributed by atoms with Gasteiger partial charge in [-0.1, -0.05) is 188 Å². The Morgan fingerprint density at radius 1 is 0.500 bits per heavy atom. The average molecular weight is 695 g/mol. The second-order valence-electron chi connectivity index (χ2n) is 14.9. The largest absolute Gasteiger partial charge is 0.457 e. The highest BCUT2D eigenvalue weighted by Gasteiger charge is 2.51. The van der Waals surface area contributed by atoms with Crippen molar-refractivity contribution in [2.45, 2.75) is 25.1 Å². The Bertz CT molecular complexity index is 2540. The number of hydrogen-bond acceptors (Lipinski definition) is 2. The molecule has 0 bridgehead atoms. The predicted octanol–water partition coefficient (Wildman–Crippen LogP) is 11.5. The van der Waals surface area contributed by atoms with Crippen LogP contribution in [0, 0.1) is 12.8 Å². The van der Waals surface area contributed by atoms with Crippen LogP contribution in [-0.4, -0.2) is 6.71 Å². The predicted molar refractivity (Wildman–Crippen MR) is 223 cm³/mol. The highest BCUT2D eigenvalue weighted by Crippen LogP contribution is 2.61. The molecule has 54 heavy (non-hydrogen) atoms. The molecule has 7 aromatic rings. The van der Waals surface area contributed by atoms with Crippen molar-refractivity contribution in [1.29, 1.82) is 0 Å². The summed E-state index contributed by atoms with van der Waals surface area (Å²) < 4.78 is 13.9. The Kier molecular flexibility index (Phi) is 7.77. The van der Waals surface area contributed by atoms with Crippen molar-refractivity contribution >= 4 is 23.2 Å². The minimum Gasteiger partial charge on any atom is -0.457 e. The highest BCUT2D eigenvalue weighted by atomic mass is 16.5. The highest BCUT2D eigenvalue weighted by molar-refractivity contribution is 6.87. The summed E-state index contributed by atoms with van der Waals surface area (Å²) in [6.45, 7) is 4.66. The van der Waals surface area contributed by atoms with Crippen molar-refractivity contribution in [3.05, 3.63) is 221 Å². The smallest absolute Gasteiger partial charge is 0.221 e. The van der Waals surface area contributed by atoms with Gasteiger partial charge in [0.05, 0.1) is 5.41 Å². The molecule has 0 N–H and O–H groups in total. The van der Waals surface area contributed by atoms with Gasteiger partial charge in [0.1, 0.15) is 23.0 Å². The summed E-state index contributed by atoms with van der Waals surface area (Å²) in [5.41, 5.74) is 12.6. The SMILES string of the molecule is Cc1cc(-c2ccccc2)ccc1B(c1cccc2c1Oc1ccccc1C21c2ccccc2Oc2ccccc21)C1C=CC(c2ccccc2)=CC1C. The summed E-state index contributed by atoms with van der Waals surface area (Å²) in [5.74, 6) is 3.98. The topological polar surface area (TPSA) is 18.5 Å². The molecular formula is C51H39BO2. The molecule has 0 aromatic heterocycles. The first-order chi connectivity index (χ1) is 26.6. The number of ether oxygens (including phenoxy) is 2. The Hall–Kier alpha value is -6.32. The van der Waals surface area contributed by atoms with E-state index in [0.29, 0.717) is 0 Å². The van der Waals surface area contributed by atoms with E-state index in [1.165, 1.54) is 38.8 Å². The van der Waals surface area contributed by atoms with E-state index in [-0.39, 0.29) is 18.4 Å². The molecule has 0 saturated heterocycles. The van der Waals surface area contributed by atoms with Crippen LogP contribution in [0.4, 0.5) is 0 Å². The number of aryl methyl sites for hydroxylation is 1. The summed E-state index contributed by atoms with van der Waals surface area (Å²) in [7, 11) is 0.